The normalized spacial score (nSPS) is 15.4. The monoisotopic (exact) mass is 405 g/mol. The minimum atomic E-state index is -3.72. The minimum absolute atomic E-state index is 0.161. The molecule has 1 fully saturated rings. The molecule has 1 aromatic rings. The molecule has 6 nitrogen and oxygen atoms in total. The largest absolute Gasteiger partial charge is 0.271 e. The third kappa shape index (κ3) is 6.17. The maximum Gasteiger partial charge on any atom is 0.260 e. The number of hydrogen-bond acceptors (Lipinski definition) is 4. The molecule has 0 radical (unpaired) electrons. The van der Waals surface area contributed by atoms with Crippen LogP contribution in [0.4, 0.5) is 5.69 Å². The molecule has 1 aliphatic rings. The number of halogens is 2. The molecule has 1 N–H and O–H groups in total. The lowest BCUT2D eigenvalue weighted by molar-refractivity contribution is -0.119. The Kier molecular flexibility index (Phi) is 7.10. The van der Waals surface area contributed by atoms with Crippen LogP contribution in [0.5, 0.6) is 0 Å². The molecule has 0 saturated heterocycles. The van der Waals surface area contributed by atoms with Gasteiger partial charge in [0.2, 0.25) is 10.0 Å². The zero-order valence-electron chi connectivity index (χ0n) is 14.0. The topological polar surface area (TPSA) is 78.8 Å². The average molecular weight is 406 g/mol. The Balaban J connectivity index is 2.13. The maximum absolute atomic E-state index is 12.2. The van der Waals surface area contributed by atoms with Crippen molar-refractivity contribution in [2.24, 2.45) is 5.10 Å². The first kappa shape index (κ1) is 20.0. The van der Waals surface area contributed by atoms with E-state index in [4.69, 9.17) is 23.2 Å². The van der Waals surface area contributed by atoms with Gasteiger partial charge < -0.3 is 0 Å². The van der Waals surface area contributed by atoms with Gasteiger partial charge in [-0.25, -0.2) is 13.8 Å². The second kappa shape index (κ2) is 8.87. The molecule has 0 unspecified atom stereocenters. The summed E-state index contributed by atoms with van der Waals surface area (Å²) in [5, 5.41) is 4.67. The van der Waals surface area contributed by atoms with E-state index in [0.717, 1.165) is 42.0 Å². The number of carbonyl (C=O) groups excluding carboxylic acids is 1. The molecule has 1 aliphatic carbocycles. The third-order valence-corrected chi connectivity index (χ3v) is 5.57. The van der Waals surface area contributed by atoms with Crippen LogP contribution in [0.2, 0.25) is 10.0 Å². The van der Waals surface area contributed by atoms with Crippen LogP contribution in [0.25, 0.3) is 0 Å². The minimum Gasteiger partial charge on any atom is -0.271 e. The Morgan fingerprint density at radius 3 is 2.44 bits per heavy atom. The van der Waals surface area contributed by atoms with Gasteiger partial charge in [-0.15, -0.1) is 0 Å². The van der Waals surface area contributed by atoms with Crippen molar-refractivity contribution in [2.45, 2.75) is 38.5 Å². The van der Waals surface area contributed by atoms with Crippen molar-refractivity contribution in [2.75, 3.05) is 17.1 Å². The zero-order chi connectivity index (χ0) is 18.4. The Morgan fingerprint density at radius 1 is 1.20 bits per heavy atom. The first-order valence-electron chi connectivity index (χ1n) is 8.04. The summed E-state index contributed by atoms with van der Waals surface area (Å²) in [5.41, 5.74) is 3.56. The van der Waals surface area contributed by atoms with E-state index < -0.39 is 22.5 Å². The van der Waals surface area contributed by atoms with E-state index in [2.05, 4.69) is 10.5 Å². The molecule has 9 heteroatoms. The molecular weight excluding hydrogens is 385 g/mol. The van der Waals surface area contributed by atoms with Gasteiger partial charge >= 0.3 is 0 Å². The van der Waals surface area contributed by atoms with Crippen LogP contribution >= 0.6 is 23.2 Å². The maximum atomic E-state index is 12.2. The van der Waals surface area contributed by atoms with E-state index in [1.165, 1.54) is 25.0 Å². The highest BCUT2D eigenvalue weighted by Crippen LogP contribution is 2.30. The summed E-state index contributed by atoms with van der Waals surface area (Å²) in [6.07, 6.45) is 7.18. The van der Waals surface area contributed by atoms with Gasteiger partial charge in [-0.1, -0.05) is 36.0 Å². The van der Waals surface area contributed by atoms with Crippen LogP contribution in [0, 0.1) is 0 Å². The third-order valence-electron chi connectivity index (χ3n) is 3.88. The predicted octanol–water partition coefficient (Wildman–Crippen LogP) is 3.59. The van der Waals surface area contributed by atoms with Gasteiger partial charge in [0.15, 0.2) is 0 Å². The Hall–Kier alpha value is -1.31. The number of nitrogens with zero attached hydrogens (tertiary/aromatic N) is 2. The van der Waals surface area contributed by atoms with Gasteiger partial charge in [0, 0.05) is 10.7 Å². The number of anilines is 1. The van der Waals surface area contributed by atoms with E-state index in [9.17, 15) is 13.2 Å². The number of hydrogen-bond donors (Lipinski definition) is 1. The van der Waals surface area contributed by atoms with Crippen molar-refractivity contribution >= 4 is 50.5 Å². The van der Waals surface area contributed by atoms with E-state index in [1.807, 2.05) is 0 Å². The van der Waals surface area contributed by atoms with Crippen molar-refractivity contribution in [1.82, 2.24) is 5.43 Å². The fourth-order valence-electron chi connectivity index (χ4n) is 2.61. The zero-order valence-corrected chi connectivity index (χ0v) is 16.3. The molecule has 138 valence electrons. The first-order valence-corrected chi connectivity index (χ1v) is 10.6. The Morgan fingerprint density at radius 2 is 1.84 bits per heavy atom. The number of benzene rings is 1. The van der Waals surface area contributed by atoms with Gasteiger partial charge in [0.1, 0.15) is 6.54 Å². The molecular formula is C16H21Cl2N3O3S. The summed E-state index contributed by atoms with van der Waals surface area (Å²) in [7, 11) is -3.72. The van der Waals surface area contributed by atoms with Crippen molar-refractivity contribution < 1.29 is 13.2 Å². The highest BCUT2D eigenvalue weighted by molar-refractivity contribution is 7.92. The average Bonchev–Trinajstić information content (AvgIpc) is 2.81. The number of sulfonamides is 1. The molecule has 0 bridgehead atoms. The summed E-state index contributed by atoms with van der Waals surface area (Å²) in [4.78, 5) is 12.2. The second-order valence-electron chi connectivity index (χ2n) is 5.99. The molecule has 0 atom stereocenters. The molecule has 0 heterocycles. The molecule has 1 aromatic carbocycles. The lowest BCUT2D eigenvalue weighted by Gasteiger charge is -2.22. The van der Waals surface area contributed by atoms with Crippen LogP contribution in [0.15, 0.2) is 23.3 Å². The SMILES string of the molecule is CS(=O)(=O)N(CC(=O)NN=C1CCCCCC1)c1cc(Cl)ccc1Cl. The van der Waals surface area contributed by atoms with E-state index >= 15 is 0 Å². The highest BCUT2D eigenvalue weighted by atomic mass is 35.5. The lowest BCUT2D eigenvalue weighted by atomic mass is 10.2. The van der Waals surface area contributed by atoms with Gasteiger partial charge in [-0.2, -0.15) is 5.10 Å². The molecule has 0 spiro atoms. The van der Waals surface area contributed by atoms with Gasteiger partial charge in [-0.3, -0.25) is 9.10 Å². The number of rotatable bonds is 5. The van der Waals surface area contributed by atoms with Crippen LogP contribution in [-0.4, -0.2) is 32.8 Å². The summed E-state index contributed by atoms with van der Waals surface area (Å²) >= 11 is 12.0. The number of nitrogens with one attached hydrogen (secondary N) is 1. The Labute approximate surface area is 158 Å². The van der Waals surface area contributed by atoms with Crippen molar-refractivity contribution in [3.05, 3.63) is 28.2 Å². The smallest absolute Gasteiger partial charge is 0.260 e. The molecule has 0 aliphatic heterocycles. The molecule has 1 saturated carbocycles. The summed E-state index contributed by atoms with van der Waals surface area (Å²) in [6, 6.07) is 4.45. The second-order valence-corrected chi connectivity index (χ2v) is 8.74. The predicted molar refractivity (Wildman–Crippen MR) is 102 cm³/mol. The quantitative estimate of drug-likeness (QED) is 0.600. The van der Waals surface area contributed by atoms with Crippen molar-refractivity contribution in [1.29, 1.82) is 0 Å². The molecule has 0 aromatic heterocycles. The van der Waals surface area contributed by atoms with E-state index in [-0.39, 0.29) is 10.7 Å². The van der Waals surface area contributed by atoms with Crippen molar-refractivity contribution in [3.8, 4) is 0 Å². The van der Waals surface area contributed by atoms with Crippen LogP contribution in [-0.2, 0) is 14.8 Å². The fourth-order valence-corrected chi connectivity index (χ4v) is 3.91. The Bertz CT molecular complexity index is 756. The fraction of sp³-hybridized carbons (Fsp3) is 0.500. The van der Waals surface area contributed by atoms with Gasteiger partial charge in [0.25, 0.3) is 5.91 Å². The van der Waals surface area contributed by atoms with Crippen LogP contribution < -0.4 is 9.73 Å². The summed E-state index contributed by atoms with van der Waals surface area (Å²) in [6.45, 7) is -0.421. The lowest BCUT2D eigenvalue weighted by Crippen LogP contribution is -2.39. The molecule has 1 amide bonds. The summed E-state index contributed by atoms with van der Waals surface area (Å²) in [5.74, 6) is -0.529. The summed E-state index contributed by atoms with van der Waals surface area (Å²) < 4.78 is 25.1. The molecule has 25 heavy (non-hydrogen) atoms. The van der Waals surface area contributed by atoms with Crippen LogP contribution in [0.1, 0.15) is 38.5 Å². The van der Waals surface area contributed by atoms with Gasteiger partial charge in [0.05, 0.1) is 17.0 Å². The number of amides is 1. The van der Waals surface area contributed by atoms with E-state index in [1.54, 1.807) is 6.07 Å². The van der Waals surface area contributed by atoms with Crippen molar-refractivity contribution in [3.63, 3.8) is 0 Å². The highest BCUT2D eigenvalue weighted by Gasteiger charge is 2.23. The first-order chi connectivity index (χ1) is 11.8. The standard InChI is InChI=1S/C16H21Cl2N3O3S/c1-25(23,24)21(15-10-12(17)8-9-14(15)18)11-16(22)20-19-13-6-4-2-3-5-7-13/h8-10H,2-7,11H2,1H3,(H,20,22). The van der Waals surface area contributed by atoms with E-state index in [0.29, 0.717) is 5.02 Å². The van der Waals surface area contributed by atoms with Gasteiger partial charge in [-0.05, 0) is 43.9 Å². The van der Waals surface area contributed by atoms with Crippen LogP contribution in [0.3, 0.4) is 0 Å². The molecule has 2 rings (SSSR count). The number of hydrazone groups is 1. The number of carbonyl (C=O) groups is 1.